The summed E-state index contributed by atoms with van der Waals surface area (Å²) in [4.78, 5) is 2.31. The Labute approximate surface area is 195 Å². The Hall–Kier alpha value is -3.22. The van der Waals surface area contributed by atoms with Gasteiger partial charge >= 0.3 is 0 Å². The molecule has 0 fully saturated rings. The molecule has 1 N–H and O–H groups in total. The maximum atomic E-state index is 11.1. The first-order valence-electron chi connectivity index (χ1n) is 11.1. The van der Waals surface area contributed by atoms with Crippen LogP contribution in [0.1, 0.15) is 23.6 Å². The molecular formula is C27H31NO5. The molecule has 0 spiro atoms. The number of benzene rings is 3. The number of rotatable bonds is 8. The molecule has 1 aliphatic heterocycles. The van der Waals surface area contributed by atoms with Crippen LogP contribution in [0.2, 0.25) is 0 Å². The van der Waals surface area contributed by atoms with Crippen LogP contribution in [-0.4, -0.2) is 44.0 Å². The molecule has 1 heterocycles. The first-order chi connectivity index (χ1) is 16.0. The van der Waals surface area contributed by atoms with Crippen molar-refractivity contribution in [1.29, 1.82) is 0 Å². The summed E-state index contributed by atoms with van der Waals surface area (Å²) in [5.41, 5.74) is 1.78. The molecule has 3 aromatic rings. The summed E-state index contributed by atoms with van der Waals surface area (Å²) in [5.74, 6) is 3.15. The van der Waals surface area contributed by atoms with E-state index in [1.807, 2.05) is 66.7 Å². The summed E-state index contributed by atoms with van der Waals surface area (Å²) in [6.45, 7) is 4.73. The topological polar surface area (TPSA) is 60.4 Å². The lowest BCUT2D eigenvalue weighted by Crippen LogP contribution is -2.30. The van der Waals surface area contributed by atoms with Crippen LogP contribution >= 0.6 is 0 Å². The van der Waals surface area contributed by atoms with Crippen molar-refractivity contribution in [1.82, 2.24) is 4.90 Å². The van der Waals surface area contributed by atoms with Crippen LogP contribution in [0.3, 0.4) is 0 Å². The van der Waals surface area contributed by atoms with Crippen LogP contribution in [0.25, 0.3) is 0 Å². The molecule has 1 atom stereocenters. The number of hydrogen-bond acceptors (Lipinski definition) is 6. The van der Waals surface area contributed by atoms with Crippen molar-refractivity contribution in [2.24, 2.45) is 0 Å². The lowest BCUT2D eigenvalue weighted by Gasteiger charge is -2.26. The molecule has 6 nitrogen and oxygen atoms in total. The summed E-state index contributed by atoms with van der Waals surface area (Å²) >= 11 is 0. The zero-order chi connectivity index (χ0) is 23.3. The zero-order valence-electron chi connectivity index (χ0n) is 19.4. The second kappa shape index (κ2) is 10.1. The molecule has 0 amide bonds. The van der Waals surface area contributed by atoms with Gasteiger partial charge in [-0.15, -0.1) is 0 Å². The molecular weight excluding hydrogens is 418 g/mol. The third-order valence-electron chi connectivity index (χ3n) is 5.89. The van der Waals surface area contributed by atoms with Gasteiger partial charge in [0.15, 0.2) is 0 Å². The maximum Gasteiger partial charge on any atom is 0.127 e. The first kappa shape index (κ1) is 23.0. The molecule has 1 aliphatic rings. The van der Waals surface area contributed by atoms with E-state index < -0.39 is 5.60 Å². The van der Waals surface area contributed by atoms with Crippen molar-refractivity contribution in [3.8, 4) is 23.0 Å². The minimum absolute atomic E-state index is 0.156. The highest BCUT2D eigenvalue weighted by Crippen LogP contribution is 2.32. The van der Waals surface area contributed by atoms with Crippen molar-refractivity contribution < 1.29 is 24.1 Å². The fourth-order valence-electron chi connectivity index (χ4n) is 3.97. The van der Waals surface area contributed by atoms with Gasteiger partial charge in [-0.2, -0.15) is 0 Å². The van der Waals surface area contributed by atoms with E-state index in [1.165, 1.54) is 0 Å². The standard InChI is InChI=1S/C27H31NO5/c1-27(29,19-33-23-7-5-4-6-8-23)22-10-12-25-21(15-22)18-28(13-14-32-25)17-20-9-11-24(30-2)16-26(20)31-3/h4-12,15-16,29H,13-14,17-19H2,1-3H3. The molecule has 174 valence electrons. The van der Waals surface area contributed by atoms with Gasteiger partial charge in [0.25, 0.3) is 0 Å². The van der Waals surface area contributed by atoms with Gasteiger partial charge in [-0.05, 0) is 42.8 Å². The number of nitrogens with zero attached hydrogens (tertiary/aromatic N) is 1. The van der Waals surface area contributed by atoms with Gasteiger partial charge in [0, 0.05) is 36.8 Å². The molecule has 0 radical (unpaired) electrons. The molecule has 6 heteroatoms. The number of methoxy groups -OCH3 is 2. The van der Waals surface area contributed by atoms with Gasteiger partial charge < -0.3 is 24.1 Å². The molecule has 4 rings (SSSR count). The number of ether oxygens (including phenoxy) is 4. The van der Waals surface area contributed by atoms with Gasteiger partial charge in [0.05, 0.1) is 14.2 Å². The Morgan fingerprint density at radius 1 is 0.970 bits per heavy atom. The Morgan fingerprint density at radius 3 is 2.55 bits per heavy atom. The van der Waals surface area contributed by atoms with Crippen LogP contribution in [0.4, 0.5) is 0 Å². The van der Waals surface area contributed by atoms with Gasteiger partial charge in [-0.25, -0.2) is 0 Å². The van der Waals surface area contributed by atoms with E-state index in [-0.39, 0.29) is 6.61 Å². The third kappa shape index (κ3) is 5.59. The van der Waals surface area contributed by atoms with Crippen LogP contribution in [-0.2, 0) is 18.7 Å². The fraction of sp³-hybridized carbons (Fsp3) is 0.333. The molecule has 3 aromatic carbocycles. The second-order valence-electron chi connectivity index (χ2n) is 8.43. The van der Waals surface area contributed by atoms with E-state index >= 15 is 0 Å². The lowest BCUT2D eigenvalue weighted by molar-refractivity contribution is 0.00748. The van der Waals surface area contributed by atoms with Crippen molar-refractivity contribution >= 4 is 0 Å². The minimum Gasteiger partial charge on any atom is -0.497 e. The average Bonchev–Trinajstić information content (AvgIpc) is 3.05. The minimum atomic E-state index is -1.14. The SMILES string of the molecule is COc1ccc(CN2CCOc3ccc(C(C)(O)COc4ccccc4)cc3C2)c(OC)c1. The predicted molar refractivity (Wildman–Crippen MR) is 127 cm³/mol. The zero-order valence-corrected chi connectivity index (χ0v) is 19.4. The van der Waals surface area contributed by atoms with Gasteiger partial charge in [-0.1, -0.05) is 30.3 Å². The number of aliphatic hydroxyl groups is 1. The number of hydrogen-bond donors (Lipinski definition) is 1. The van der Waals surface area contributed by atoms with Gasteiger partial charge in [0.2, 0.25) is 0 Å². The van der Waals surface area contributed by atoms with Crippen LogP contribution in [0.5, 0.6) is 23.0 Å². The monoisotopic (exact) mass is 449 g/mol. The van der Waals surface area contributed by atoms with Crippen LogP contribution in [0.15, 0.2) is 66.7 Å². The van der Waals surface area contributed by atoms with E-state index in [0.29, 0.717) is 19.7 Å². The summed E-state index contributed by atoms with van der Waals surface area (Å²) < 4.78 is 22.7. The second-order valence-corrected chi connectivity index (χ2v) is 8.43. The highest BCUT2D eigenvalue weighted by molar-refractivity contribution is 5.42. The van der Waals surface area contributed by atoms with Crippen molar-refractivity contribution in [3.05, 3.63) is 83.4 Å². The highest BCUT2D eigenvalue weighted by Gasteiger charge is 2.27. The molecule has 33 heavy (non-hydrogen) atoms. The average molecular weight is 450 g/mol. The fourth-order valence-corrected chi connectivity index (χ4v) is 3.97. The van der Waals surface area contributed by atoms with Crippen molar-refractivity contribution in [3.63, 3.8) is 0 Å². The smallest absolute Gasteiger partial charge is 0.127 e. The van der Waals surface area contributed by atoms with Gasteiger partial charge in [0.1, 0.15) is 41.8 Å². The van der Waals surface area contributed by atoms with Crippen LogP contribution < -0.4 is 18.9 Å². The highest BCUT2D eigenvalue weighted by atomic mass is 16.5. The van der Waals surface area contributed by atoms with E-state index in [0.717, 1.165) is 46.2 Å². The molecule has 0 aromatic heterocycles. The summed E-state index contributed by atoms with van der Waals surface area (Å²) in [7, 11) is 3.32. The van der Waals surface area contributed by atoms with E-state index in [1.54, 1.807) is 21.1 Å². The number of fused-ring (bicyclic) bond motifs is 1. The quantitative estimate of drug-likeness (QED) is 0.551. The van der Waals surface area contributed by atoms with Gasteiger partial charge in [-0.3, -0.25) is 4.90 Å². The summed E-state index contributed by atoms with van der Waals surface area (Å²) in [6, 6.07) is 21.3. The van der Waals surface area contributed by atoms with Crippen molar-refractivity contribution in [2.75, 3.05) is 34.0 Å². The van der Waals surface area contributed by atoms with E-state index in [9.17, 15) is 5.11 Å². The summed E-state index contributed by atoms with van der Waals surface area (Å²) in [5, 5.41) is 11.1. The van der Waals surface area contributed by atoms with Crippen LogP contribution in [0, 0.1) is 0 Å². The number of para-hydroxylation sites is 1. The molecule has 0 saturated carbocycles. The third-order valence-corrected chi connectivity index (χ3v) is 5.89. The predicted octanol–water partition coefficient (Wildman–Crippen LogP) is 4.38. The molecule has 0 bridgehead atoms. The molecule has 0 saturated heterocycles. The van der Waals surface area contributed by atoms with Crippen molar-refractivity contribution in [2.45, 2.75) is 25.6 Å². The molecule has 0 aliphatic carbocycles. The van der Waals surface area contributed by atoms with E-state index in [4.69, 9.17) is 18.9 Å². The normalized spacial score (nSPS) is 15.5. The first-order valence-corrected chi connectivity index (χ1v) is 11.1. The van der Waals surface area contributed by atoms with E-state index in [2.05, 4.69) is 4.90 Å². The Balaban J connectivity index is 1.50. The Kier molecular flexibility index (Phi) is 7.06. The Morgan fingerprint density at radius 2 is 1.79 bits per heavy atom. The Bertz CT molecular complexity index is 1070. The summed E-state index contributed by atoms with van der Waals surface area (Å²) in [6.07, 6.45) is 0. The molecule has 1 unspecified atom stereocenters. The maximum absolute atomic E-state index is 11.1. The largest absolute Gasteiger partial charge is 0.497 e. The lowest BCUT2D eigenvalue weighted by atomic mass is 9.94.